The molecule has 0 aliphatic carbocycles. The van der Waals surface area contributed by atoms with Crippen LogP contribution in [-0.2, 0) is 11.2 Å². The number of hydrogen-bond acceptors (Lipinski definition) is 4. The highest BCUT2D eigenvalue weighted by Gasteiger charge is 2.38. The maximum atomic E-state index is 12.7. The molecule has 1 N–H and O–H groups in total. The van der Waals surface area contributed by atoms with Gasteiger partial charge in [-0.1, -0.05) is 73.4 Å². The second-order valence-corrected chi connectivity index (χ2v) is 7.36. The third-order valence-electron chi connectivity index (χ3n) is 3.88. The number of aliphatic hydroxyl groups excluding tert-OH is 1. The fourth-order valence-electron chi connectivity index (χ4n) is 2.55. The number of nitrogens with zero attached hydrogens (tertiary/aromatic N) is 1. The zero-order valence-corrected chi connectivity index (χ0v) is 14.5. The fraction of sp³-hybridized carbons (Fsp3) is 0.412. The second kappa shape index (κ2) is 7.40. The number of hydrogen-bond donors (Lipinski definition) is 1. The van der Waals surface area contributed by atoms with E-state index in [1.54, 1.807) is 18.7 Å². The lowest BCUT2D eigenvalue weighted by molar-refractivity contribution is -0.134. The summed E-state index contributed by atoms with van der Waals surface area (Å²) in [7, 11) is 0. The maximum Gasteiger partial charge on any atom is 0.234 e. The molecule has 0 radical (unpaired) electrons. The first kappa shape index (κ1) is 17.2. The van der Waals surface area contributed by atoms with Crippen molar-refractivity contribution in [3.63, 3.8) is 0 Å². The van der Waals surface area contributed by atoms with Crippen molar-refractivity contribution in [2.24, 2.45) is 5.92 Å². The minimum Gasteiger partial charge on any atom is -0.388 e. The number of carbonyl (C=O) groups is 1. The van der Waals surface area contributed by atoms with E-state index in [0.29, 0.717) is 9.89 Å². The highest BCUT2D eigenvalue weighted by Crippen LogP contribution is 2.29. The van der Waals surface area contributed by atoms with Gasteiger partial charge in [0.05, 0.1) is 18.1 Å². The predicted molar refractivity (Wildman–Crippen MR) is 95.8 cm³/mol. The van der Waals surface area contributed by atoms with Gasteiger partial charge in [-0.3, -0.25) is 9.69 Å². The van der Waals surface area contributed by atoms with E-state index in [0.717, 1.165) is 12.2 Å². The number of thiocarbonyl (C=S) groups is 1. The van der Waals surface area contributed by atoms with Crippen LogP contribution in [0.4, 0.5) is 0 Å². The average molecular weight is 335 g/mol. The smallest absolute Gasteiger partial charge is 0.234 e. The number of rotatable bonds is 5. The van der Waals surface area contributed by atoms with E-state index >= 15 is 0 Å². The van der Waals surface area contributed by atoms with E-state index in [9.17, 15) is 9.90 Å². The normalized spacial score (nSPS) is 20.8. The van der Waals surface area contributed by atoms with Gasteiger partial charge >= 0.3 is 0 Å². The molecule has 0 spiro atoms. The van der Waals surface area contributed by atoms with Gasteiger partial charge in [0, 0.05) is 5.75 Å². The fourth-order valence-corrected chi connectivity index (χ4v) is 3.97. The minimum atomic E-state index is -0.835. The Kier molecular flexibility index (Phi) is 5.78. The molecule has 1 heterocycles. The molecule has 1 aromatic rings. The molecule has 1 fully saturated rings. The van der Waals surface area contributed by atoms with Crippen molar-refractivity contribution in [3.05, 3.63) is 48.0 Å². The van der Waals surface area contributed by atoms with Crippen LogP contribution in [0.25, 0.3) is 0 Å². The SMILES string of the molecule is C=C(C)[C@H](O)[C@H](C)C(=O)N1C(=S)SC[C@@H]1Cc1ccccc1. The number of aliphatic hydroxyl groups is 1. The number of amides is 1. The molecule has 0 saturated carbocycles. The third kappa shape index (κ3) is 3.77. The quantitative estimate of drug-likeness (QED) is 0.663. The molecule has 2 rings (SSSR count). The van der Waals surface area contributed by atoms with Gasteiger partial charge in [0.15, 0.2) is 0 Å². The van der Waals surface area contributed by atoms with Gasteiger partial charge in [0.25, 0.3) is 0 Å². The molecule has 3 nitrogen and oxygen atoms in total. The summed E-state index contributed by atoms with van der Waals surface area (Å²) in [4.78, 5) is 14.4. The topological polar surface area (TPSA) is 40.5 Å². The van der Waals surface area contributed by atoms with Gasteiger partial charge in [-0.05, 0) is 18.9 Å². The highest BCUT2D eigenvalue weighted by molar-refractivity contribution is 8.23. The Hall–Kier alpha value is -1.17. The second-order valence-electron chi connectivity index (χ2n) is 5.71. The summed E-state index contributed by atoms with van der Waals surface area (Å²) in [6.45, 7) is 7.19. The van der Waals surface area contributed by atoms with Gasteiger partial charge in [-0.2, -0.15) is 0 Å². The van der Waals surface area contributed by atoms with Crippen LogP contribution in [0.15, 0.2) is 42.5 Å². The molecule has 22 heavy (non-hydrogen) atoms. The Labute approximate surface area is 141 Å². The Bertz CT molecular complexity index is 573. The number of thioether (sulfide) groups is 1. The van der Waals surface area contributed by atoms with Crippen molar-refractivity contribution in [2.75, 3.05) is 5.75 Å². The van der Waals surface area contributed by atoms with E-state index in [1.165, 1.54) is 17.3 Å². The monoisotopic (exact) mass is 335 g/mol. The molecule has 3 atom stereocenters. The molecule has 1 aromatic carbocycles. The summed E-state index contributed by atoms with van der Waals surface area (Å²) in [5, 5.41) is 10.1. The third-order valence-corrected chi connectivity index (χ3v) is 5.43. The van der Waals surface area contributed by atoms with Crippen molar-refractivity contribution >= 4 is 34.2 Å². The Morgan fingerprint density at radius 2 is 2.14 bits per heavy atom. The summed E-state index contributed by atoms with van der Waals surface area (Å²) in [5.74, 6) is 0.147. The molecular formula is C17H21NO2S2. The van der Waals surface area contributed by atoms with Crippen LogP contribution in [0.1, 0.15) is 19.4 Å². The molecule has 0 aromatic heterocycles. The van der Waals surface area contributed by atoms with Gasteiger partial charge in [-0.15, -0.1) is 0 Å². The molecule has 1 aliphatic heterocycles. The average Bonchev–Trinajstić information content (AvgIpc) is 2.86. The van der Waals surface area contributed by atoms with Crippen molar-refractivity contribution < 1.29 is 9.90 Å². The van der Waals surface area contributed by atoms with E-state index in [2.05, 4.69) is 18.7 Å². The summed E-state index contributed by atoms with van der Waals surface area (Å²) in [5.41, 5.74) is 1.78. The van der Waals surface area contributed by atoms with Crippen LogP contribution in [-0.4, -0.2) is 38.1 Å². The molecule has 1 saturated heterocycles. The van der Waals surface area contributed by atoms with E-state index in [4.69, 9.17) is 12.2 Å². The molecule has 0 unspecified atom stereocenters. The first-order valence-electron chi connectivity index (χ1n) is 7.29. The standard InChI is InChI=1S/C17H21NO2S2/c1-11(2)15(19)12(3)16(20)18-14(10-22-17(18)21)9-13-7-5-4-6-8-13/h4-8,12,14-15,19H,1,9-10H2,2-3H3/t12-,14-,15-/m0/s1. The molecule has 118 valence electrons. The van der Waals surface area contributed by atoms with Crippen molar-refractivity contribution in [1.82, 2.24) is 4.90 Å². The summed E-state index contributed by atoms with van der Waals surface area (Å²) in [6.07, 6.45) is -0.0615. The van der Waals surface area contributed by atoms with Crippen molar-refractivity contribution in [2.45, 2.75) is 32.4 Å². The maximum absolute atomic E-state index is 12.7. The van der Waals surface area contributed by atoms with Crippen LogP contribution in [0.2, 0.25) is 0 Å². The molecule has 1 amide bonds. The molecule has 5 heteroatoms. The lowest BCUT2D eigenvalue weighted by Crippen LogP contribution is -2.45. The molecular weight excluding hydrogens is 314 g/mol. The number of benzene rings is 1. The largest absolute Gasteiger partial charge is 0.388 e. The van der Waals surface area contributed by atoms with Crippen LogP contribution < -0.4 is 0 Å². The summed E-state index contributed by atoms with van der Waals surface area (Å²) >= 11 is 6.88. The van der Waals surface area contributed by atoms with Crippen LogP contribution in [0.5, 0.6) is 0 Å². The highest BCUT2D eigenvalue weighted by atomic mass is 32.2. The summed E-state index contributed by atoms with van der Waals surface area (Å²) < 4.78 is 0.603. The lowest BCUT2D eigenvalue weighted by Gasteiger charge is -2.28. The first-order valence-corrected chi connectivity index (χ1v) is 8.68. The summed E-state index contributed by atoms with van der Waals surface area (Å²) in [6, 6.07) is 10.1. The zero-order valence-electron chi connectivity index (χ0n) is 12.9. The zero-order chi connectivity index (χ0) is 16.3. The Morgan fingerprint density at radius 1 is 1.50 bits per heavy atom. The van der Waals surface area contributed by atoms with Crippen LogP contribution in [0.3, 0.4) is 0 Å². The van der Waals surface area contributed by atoms with E-state index in [1.807, 2.05) is 18.2 Å². The van der Waals surface area contributed by atoms with Crippen molar-refractivity contribution in [3.8, 4) is 0 Å². The van der Waals surface area contributed by atoms with Gasteiger partial charge in [-0.25, -0.2) is 0 Å². The lowest BCUT2D eigenvalue weighted by atomic mass is 9.97. The van der Waals surface area contributed by atoms with Crippen LogP contribution in [0, 0.1) is 5.92 Å². The molecule has 0 bridgehead atoms. The minimum absolute atomic E-state index is 0.0483. The number of carbonyl (C=O) groups excluding carboxylic acids is 1. The first-order chi connectivity index (χ1) is 10.4. The Balaban J connectivity index is 2.14. The van der Waals surface area contributed by atoms with Gasteiger partial charge in [0.2, 0.25) is 5.91 Å². The Morgan fingerprint density at radius 3 is 2.73 bits per heavy atom. The van der Waals surface area contributed by atoms with E-state index < -0.39 is 12.0 Å². The predicted octanol–water partition coefficient (Wildman–Crippen LogP) is 3.03. The van der Waals surface area contributed by atoms with Crippen molar-refractivity contribution in [1.29, 1.82) is 0 Å². The van der Waals surface area contributed by atoms with Crippen LogP contribution >= 0.6 is 24.0 Å². The van der Waals surface area contributed by atoms with Gasteiger partial charge in [0.1, 0.15) is 4.32 Å². The molecule has 1 aliphatic rings. The van der Waals surface area contributed by atoms with Gasteiger partial charge < -0.3 is 5.11 Å². The van der Waals surface area contributed by atoms with E-state index in [-0.39, 0.29) is 11.9 Å².